The summed E-state index contributed by atoms with van der Waals surface area (Å²) in [5.41, 5.74) is 0.704. The molecule has 0 bridgehead atoms. The Balaban J connectivity index is 1.81. The molecule has 1 amide bonds. The van der Waals surface area contributed by atoms with Crippen LogP contribution < -0.4 is 4.74 Å². The van der Waals surface area contributed by atoms with Crippen LogP contribution in [0.25, 0.3) is 0 Å². The first kappa shape index (κ1) is 19.3. The van der Waals surface area contributed by atoms with E-state index in [1.54, 1.807) is 0 Å². The van der Waals surface area contributed by atoms with Gasteiger partial charge in [0, 0.05) is 18.7 Å². The number of rotatable bonds is 9. The number of ether oxygens (including phenoxy) is 2. The smallest absolute Gasteiger partial charge is 0.253 e. The van der Waals surface area contributed by atoms with Crippen LogP contribution in [0.2, 0.25) is 0 Å². The van der Waals surface area contributed by atoms with Gasteiger partial charge in [-0.2, -0.15) is 0 Å². The first-order chi connectivity index (χ1) is 12.2. The van der Waals surface area contributed by atoms with Crippen LogP contribution >= 0.6 is 0 Å². The molecule has 0 atom stereocenters. The Bertz CT molecular complexity index is 571. The van der Waals surface area contributed by atoms with E-state index in [0.29, 0.717) is 31.3 Å². The molecular formula is C21H29NO3. The number of hydrogen-bond donors (Lipinski definition) is 0. The van der Waals surface area contributed by atoms with E-state index in [1.807, 2.05) is 29.2 Å². The monoisotopic (exact) mass is 343 g/mol. The fourth-order valence-electron chi connectivity index (χ4n) is 3.03. The number of hydrogen-bond acceptors (Lipinski definition) is 3. The lowest BCUT2D eigenvalue weighted by molar-refractivity contribution is 0.0581. The second-order valence-electron chi connectivity index (χ2n) is 6.54. The van der Waals surface area contributed by atoms with Crippen molar-refractivity contribution in [3.05, 3.63) is 29.8 Å². The predicted molar refractivity (Wildman–Crippen MR) is 99.7 cm³/mol. The van der Waals surface area contributed by atoms with Gasteiger partial charge >= 0.3 is 0 Å². The Morgan fingerprint density at radius 1 is 1.32 bits per heavy atom. The van der Waals surface area contributed by atoms with E-state index in [1.165, 1.54) is 12.8 Å². The quantitative estimate of drug-likeness (QED) is 0.506. The van der Waals surface area contributed by atoms with E-state index < -0.39 is 0 Å². The molecule has 0 aromatic heterocycles. The Morgan fingerprint density at radius 3 is 2.84 bits per heavy atom. The molecule has 1 fully saturated rings. The summed E-state index contributed by atoms with van der Waals surface area (Å²) in [5.74, 6) is 3.84. The zero-order valence-corrected chi connectivity index (χ0v) is 15.2. The summed E-state index contributed by atoms with van der Waals surface area (Å²) in [4.78, 5) is 14.6. The lowest BCUT2D eigenvalue weighted by atomic mass is 9.97. The van der Waals surface area contributed by atoms with Gasteiger partial charge in [0.2, 0.25) is 0 Å². The minimum atomic E-state index is 0.0852. The van der Waals surface area contributed by atoms with Gasteiger partial charge in [-0.05, 0) is 43.4 Å². The summed E-state index contributed by atoms with van der Waals surface area (Å²) in [7, 11) is 0. The second-order valence-corrected chi connectivity index (χ2v) is 6.54. The fourth-order valence-corrected chi connectivity index (χ4v) is 3.03. The number of carbonyl (C=O) groups excluding carboxylic acids is 1. The lowest BCUT2D eigenvalue weighted by Crippen LogP contribution is -2.39. The summed E-state index contributed by atoms with van der Waals surface area (Å²) in [6, 6.07) is 7.53. The van der Waals surface area contributed by atoms with Gasteiger partial charge in [-0.1, -0.05) is 31.8 Å². The second kappa shape index (κ2) is 10.8. The van der Waals surface area contributed by atoms with Gasteiger partial charge in [0.15, 0.2) is 0 Å². The van der Waals surface area contributed by atoms with Crippen molar-refractivity contribution in [2.75, 3.05) is 32.9 Å². The molecule has 136 valence electrons. The van der Waals surface area contributed by atoms with E-state index in [0.717, 1.165) is 38.1 Å². The molecule has 0 radical (unpaired) electrons. The molecule has 25 heavy (non-hydrogen) atoms. The average molecular weight is 343 g/mol. The van der Waals surface area contributed by atoms with Crippen molar-refractivity contribution < 1.29 is 14.3 Å². The van der Waals surface area contributed by atoms with E-state index in [-0.39, 0.29) is 5.91 Å². The first-order valence-electron chi connectivity index (χ1n) is 9.28. The first-order valence-corrected chi connectivity index (χ1v) is 9.28. The summed E-state index contributed by atoms with van der Waals surface area (Å²) in [5, 5.41) is 0. The minimum Gasteiger partial charge on any atom is -0.494 e. The molecule has 1 aromatic rings. The summed E-state index contributed by atoms with van der Waals surface area (Å²) < 4.78 is 11.2. The molecule has 0 N–H and O–H groups in total. The van der Waals surface area contributed by atoms with Gasteiger partial charge in [0.25, 0.3) is 5.91 Å². The van der Waals surface area contributed by atoms with E-state index in [2.05, 4.69) is 12.8 Å². The predicted octanol–water partition coefficient (Wildman–Crippen LogP) is 3.76. The van der Waals surface area contributed by atoms with Crippen LogP contribution in [0.5, 0.6) is 5.75 Å². The number of carbonyl (C=O) groups is 1. The third-order valence-electron chi connectivity index (χ3n) is 4.54. The van der Waals surface area contributed by atoms with Crippen molar-refractivity contribution in [2.45, 2.75) is 39.0 Å². The molecule has 1 aliphatic rings. The molecule has 4 nitrogen and oxygen atoms in total. The molecule has 1 aliphatic heterocycles. The zero-order valence-electron chi connectivity index (χ0n) is 15.2. The third kappa shape index (κ3) is 6.43. The number of benzene rings is 1. The number of unbranched alkanes of at least 4 members (excludes halogenated alkanes) is 2. The van der Waals surface area contributed by atoms with Crippen LogP contribution in [0, 0.1) is 18.3 Å². The minimum absolute atomic E-state index is 0.0852. The maximum absolute atomic E-state index is 12.7. The van der Waals surface area contributed by atoms with Gasteiger partial charge in [-0.25, -0.2) is 0 Å². The molecule has 0 spiro atoms. The number of amides is 1. The van der Waals surface area contributed by atoms with Crippen LogP contribution in [0.1, 0.15) is 49.4 Å². The van der Waals surface area contributed by atoms with Gasteiger partial charge < -0.3 is 14.4 Å². The standard InChI is InChI=1S/C21H29NO3/c1-3-5-6-15-25-20-9-7-8-19(16-20)21(23)22-12-10-18(11-13-22)17-24-14-4-2/h2,7-9,16,18H,3,5-6,10-15,17H2,1H3. The Labute approximate surface area is 151 Å². The zero-order chi connectivity index (χ0) is 17.9. The molecule has 2 rings (SSSR count). The van der Waals surface area contributed by atoms with Crippen LogP contribution in [-0.4, -0.2) is 43.7 Å². The highest BCUT2D eigenvalue weighted by Crippen LogP contribution is 2.21. The number of piperidine rings is 1. The molecule has 0 unspecified atom stereocenters. The highest BCUT2D eigenvalue weighted by molar-refractivity contribution is 5.94. The lowest BCUT2D eigenvalue weighted by Gasteiger charge is -2.31. The van der Waals surface area contributed by atoms with E-state index >= 15 is 0 Å². The van der Waals surface area contributed by atoms with E-state index in [9.17, 15) is 4.79 Å². The van der Waals surface area contributed by atoms with E-state index in [4.69, 9.17) is 15.9 Å². The Kier molecular flexibility index (Phi) is 8.34. The molecule has 1 aromatic carbocycles. The number of terminal acetylenes is 1. The highest BCUT2D eigenvalue weighted by atomic mass is 16.5. The van der Waals surface area contributed by atoms with Crippen molar-refractivity contribution >= 4 is 5.91 Å². The van der Waals surface area contributed by atoms with Crippen molar-refractivity contribution in [3.8, 4) is 18.1 Å². The largest absolute Gasteiger partial charge is 0.494 e. The molecular weight excluding hydrogens is 314 g/mol. The van der Waals surface area contributed by atoms with Gasteiger partial charge in [-0.15, -0.1) is 6.42 Å². The molecule has 1 saturated heterocycles. The molecule has 4 heteroatoms. The molecule has 0 saturated carbocycles. The maximum Gasteiger partial charge on any atom is 0.253 e. The van der Waals surface area contributed by atoms with Gasteiger partial charge in [-0.3, -0.25) is 4.79 Å². The normalized spacial score (nSPS) is 15.0. The highest BCUT2D eigenvalue weighted by Gasteiger charge is 2.23. The van der Waals surface area contributed by atoms with Crippen molar-refractivity contribution in [1.29, 1.82) is 0 Å². The fraction of sp³-hybridized carbons (Fsp3) is 0.571. The Morgan fingerprint density at radius 2 is 2.12 bits per heavy atom. The van der Waals surface area contributed by atoms with Crippen molar-refractivity contribution in [1.82, 2.24) is 4.90 Å². The van der Waals surface area contributed by atoms with Crippen LogP contribution in [0.15, 0.2) is 24.3 Å². The van der Waals surface area contributed by atoms with Crippen LogP contribution in [0.4, 0.5) is 0 Å². The Hall–Kier alpha value is -1.99. The van der Waals surface area contributed by atoms with Gasteiger partial charge in [0.05, 0.1) is 13.2 Å². The van der Waals surface area contributed by atoms with Crippen molar-refractivity contribution in [2.24, 2.45) is 5.92 Å². The van der Waals surface area contributed by atoms with Crippen molar-refractivity contribution in [3.63, 3.8) is 0 Å². The SMILES string of the molecule is C#CCOCC1CCN(C(=O)c2cccc(OCCCCC)c2)CC1. The maximum atomic E-state index is 12.7. The summed E-state index contributed by atoms with van der Waals surface area (Å²) >= 11 is 0. The average Bonchev–Trinajstić information content (AvgIpc) is 2.66. The summed E-state index contributed by atoms with van der Waals surface area (Å²) in [6.45, 7) is 5.46. The molecule has 1 heterocycles. The number of likely N-dealkylation sites (tertiary alicyclic amines) is 1. The van der Waals surface area contributed by atoms with Crippen LogP contribution in [-0.2, 0) is 4.74 Å². The van der Waals surface area contributed by atoms with Gasteiger partial charge in [0.1, 0.15) is 12.4 Å². The third-order valence-corrected chi connectivity index (χ3v) is 4.54. The molecule has 0 aliphatic carbocycles. The summed E-state index contributed by atoms with van der Waals surface area (Å²) in [6.07, 6.45) is 10.5. The topological polar surface area (TPSA) is 38.8 Å². The van der Waals surface area contributed by atoms with Crippen LogP contribution in [0.3, 0.4) is 0 Å². The number of nitrogens with zero attached hydrogens (tertiary/aromatic N) is 1.